The van der Waals surface area contributed by atoms with E-state index in [2.05, 4.69) is 0 Å². The van der Waals surface area contributed by atoms with Gasteiger partial charge in [0.1, 0.15) is 0 Å². The second-order valence-electron chi connectivity index (χ2n) is 4.60. The van der Waals surface area contributed by atoms with E-state index in [0.29, 0.717) is 0 Å². The van der Waals surface area contributed by atoms with Gasteiger partial charge in [-0.1, -0.05) is 83.5 Å². The Morgan fingerprint density at radius 2 is 0.231 bits per heavy atom. The zero-order valence-corrected chi connectivity index (χ0v) is 9.19. The molecule has 0 bridgehead atoms. The van der Waals surface area contributed by atoms with Crippen molar-refractivity contribution < 1.29 is 0 Å². The zero-order valence-electron chi connectivity index (χ0n) is 9.19. The van der Waals surface area contributed by atoms with E-state index in [4.69, 9.17) is 0 Å². The third-order valence-electron chi connectivity index (χ3n) is 3.25. The summed E-state index contributed by atoms with van der Waals surface area (Å²) in [6.07, 6.45) is 19.5. The highest BCUT2D eigenvalue weighted by Gasteiger charge is 1.96. The lowest BCUT2D eigenvalue weighted by Gasteiger charge is -2.05. The average molecular weight is 182 g/mol. The summed E-state index contributed by atoms with van der Waals surface area (Å²) in [4.78, 5) is 0. The van der Waals surface area contributed by atoms with Crippen LogP contribution in [0.2, 0.25) is 0 Å². The molecule has 78 valence electrons. The van der Waals surface area contributed by atoms with Gasteiger partial charge in [0.25, 0.3) is 0 Å². The molecule has 2 fully saturated rings. The number of rotatable bonds is 0. The average Bonchev–Trinajstić information content (AvgIpc) is 2.53. The Balaban J connectivity index is 0.000000132. The van der Waals surface area contributed by atoms with E-state index < -0.39 is 0 Å². The van der Waals surface area contributed by atoms with Crippen molar-refractivity contribution in [2.75, 3.05) is 0 Å². The summed E-state index contributed by atoms with van der Waals surface area (Å²) in [6, 6.07) is 0. The first kappa shape index (κ1) is 11.1. The Bertz CT molecular complexity index is 61.1. The fraction of sp³-hybridized carbons (Fsp3) is 1.00. The van der Waals surface area contributed by atoms with Gasteiger partial charge in [-0.3, -0.25) is 0 Å². The zero-order chi connectivity index (χ0) is 9.19. The maximum absolute atomic E-state index is 1.50. The minimum absolute atomic E-state index is 1.50. The lowest BCUT2D eigenvalue weighted by molar-refractivity contribution is 0.504. The van der Waals surface area contributed by atoms with Crippen molar-refractivity contribution in [1.82, 2.24) is 0 Å². The van der Waals surface area contributed by atoms with Gasteiger partial charge in [0, 0.05) is 0 Å². The topological polar surface area (TPSA) is 0 Å². The molecule has 2 aliphatic rings. The van der Waals surface area contributed by atoms with Gasteiger partial charge in [0.2, 0.25) is 0 Å². The van der Waals surface area contributed by atoms with Gasteiger partial charge in [-0.25, -0.2) is 0 Å². The molecule has 0 aliphatic heterocycles. The van der Waals surface area contributed by atoms with E-state index in [-0.39, 0.29) is 0 Å². The quantitative estimate of drug-likeness (QED) is 0.459. The highest BCUT2D eigenvalue weighted by molar-refractivity contribution is 4.51. The van der Waals surface area contributed by atoms with E-state index in [0.717, 1.165) is 0 Å². The summed E-state index contributed by atoms with van der Waals surface area (Å²) < 4.78 is 0. The molecule has 0 amide bonds. The molecule has 0 heteroatoms. The Hall–Kier alpha value is 0. The molecule has 2 rings (SSSR count). The summed E-state index contributed by atoms with van der Waals surface area (Å²) in [5.41, 5.74) is 0. The molecule has 0 N–H and O–H groups in total. The molecular weight excluding hydrogens is 156 g/mol. The minimum Gasteiger partial charge on any atom is -0.0533 e. The minimum atomic E-state index is 1.50. The Labute approximate surface area is 84.1 Å². The van der Waals surface area contributed by atoms with Crippen molar-refractivity contribution >= 4 is 0 Å². The molecule has 0 spiro atoms. The van der Waals surface area contributed by atoms with Gasteiger partial charge in [-0.05, 0) is 0 Å². The van der Waals surface area contributed by atoms with Gasteiger partial charge in [0.05, 0.1) is 0 Å². The number of hydrogen-bond acceptors (Lipinski definition) is 0. The first-order chi connectivity index (χ1) is 6.50. The van der Waals surface area contributed by atoms with Crippen LogP contribution in [0.1, 0.15) is 83.5 Å². The molecule has 0 heterocycles. The van der Waals surface area contributed by atoms with Crippen LogP contribution >= 0.6 is 0 Å². The predicted octanol–water partition coefficient (Wildman–Crippen LogP) is 5.07. The number of hydrogen-bond donors (Lipinski definition) is 0. The second-order valence-corrected chi connectivity index (χ2v) is 4.60. The van der Waals surface area contributed by atoms with E-state index in [1.165, 1.54) is 83.5 Å². The van der Waals surface area contributed by atoms with Gasteiger partial charge in [0.15, 0.2) is 0 Å². The molecular formula is C13H26. The standard InChI is InChI=1S/C7H14.C6H12/c1-2-4-6-7-5-3-1;1-2-4-6-5-3-1/h1-7H2;1-6H2. The molecule has 0 radical (unpaired) electrons. The molecule has 0 aromatic rings. The molecule has 0 nitrogen and oxygen atoms in total. The highest BCUT2D eigenvalue weighted by Crippen LogP contribution is 2.15. The van der Waals surface area contributed by atoms with E-state index in [1.807, 2.05) is 0 Å². The van der Waals surface area contributed by atoms with E-state index in [9.17, 15) is 0 Å². The van der Waals surface area contributed by atoms with Crippen LogP contribution < -0.4 is 0 Å². The van der Waals surface area contributed by atoms with Crippen LogP contribution in [0.15, 0.2) is 0 Å². The first-order valence-corrected chi connectivity index (χ1v) is 6.50. The van der Waals surface area contributed by atoms with Crippen LogP contribution in [0.25, 0.3) is 0 Å². The summed E-state index contributed by atoms with van der Waals surface area (Å²) in [5, 5.41) is 0. The molecule has 2 aliphatic carbocycles. The van der Waals surface area contributed by atoms with E-state index in [1.54, 1.807) is 0 Å². The molecule has 2 saturated carbocycles. The Kier molecular flexibility index (Phi) is 7.32. The van der Waals surface area contributed by atoms with Crippen molar-refractivity contribution in [1.29, 1.82) is 0 Å². The second kappa shape index (κ2) is 8.59. The van der Waals surface area contributed by atoms with Crippen LogP contribution in [-0.2, 0) is 0 Å². The summed E-state index contributed by atoms with van der Waals surface area (Å²) in [7, 11) is 0. The smallest absolute Gasteiger partial charge is 0.0533 e. The molecule has 0 atom stereocenters. The van der Waals surface area contributed by atoms with Crippen LogP contribution in [0.4, 0.5) is 0 Å². The normalized spacial score (nSPS) is 24.0. The molecule has 13 heavy (non-hydrogen) atoms. The van der Waals surface area contributed by atoms with Gasteiger partial charge in [-0.15, -0.1) is 0 Å². The molecule has 0 unspecified atom stereocenters. The van der Waals surface area contributed by atoms with Crippen molar-refractivity contribution in [2.24, 2.45) is 0 Å². The fourth-order valence-corrected chi connectivity index (χ4v) is 2.30. The first-order valence-electron chi connectivity index (χ1n) is 6.50. The lowest BCUT2D eigenvalue weighted by atomic mass is 10.0. The molecule has 0 aromatic carbocycles. The van der Waals surface area contributed by atoms with Gasteiger partial charge < -0.3 is 0 Å². The highest BCUT2D eigenvalue weighted by atomic mass is 14.0. The van der Waals surface area contributed by atoms with Crippen molar-refractivity contribution in [3.63, 3.8) is 0 Å². The van der Waals surface area contributed by atoms with Gasteiger partial charge >= 0.3 is 0 Å². The third-order valence-corrected chi connectivity index (χ3v) is 3.25. The Morgan fingerprint density at radius 3 is 0.308 bits per heavy atom. The Morgan fingerprint density at radius 1 is 0.154 bits per heavy atom. The summed E-state index contributed by atoms with van der Waals surface area (Å²) in [6.45, 7) is 0. The van der Waals surface area contributed by atoms with Crippen LogP contribution in [-0.4, -0.2) is 0 Å². The van der Waals surface area contributed by atoms with Gasteiger partial charge in [-0.2, -0.15) is 0 Å². The molecule has 0 saturated heterocycles. The van der Waals surface area contributed by atoms with Crippen LogP contribution in [0, 0.1) is 0 Å². The fourth-order valence-electron chi connectivity index (χ4n) is 2.30. The predicted molar refractivity (Wildman–Crippen MR) is 60.0 cm³/mol. The lowest BCUT2D eigenvalue weighted by Crippen LogP contribution is -1.85. The monoisotopic (exact) mass is 182 g/mol. The maximum atomic E-state index is 1.50. The largest absolute Gasteiger partial charge is 0.0533 e. The maximum Gasteiger partial charge on any atom is -0.0533 e. The van der Waals surface area contributed by atoms with Crippen molar-refractivity contribution in [3.8, 4) is 0 Å². The molecule has 0 aromatic heterocycles. The third kappa shape index (κ3) is 7.10. The van der Waals surface area contributed by atoms with E-state index >= 15 is 0 Å². The SMILES string of the molecule is C1CCCCC1.C1CCCCCC1. The van der Waals surface area contributed by atoms with Crippen LogP contribution in [0.3, 0.4) is 0 Å². The van der Waals surface area contributed by atoms with Crippen molar-refractivity contribution in [3.05, 3.63) is 0 Å². The van der Waals surface area contributed by atoms with Crippen LogP contribution in [0.5, 0.6) is 0 Å². The summed E-state index contributed by atoms with van der Waals surface area (Å²) >= 11 is 0. The van der Waals surface area contributed by atoms with Crippen molar-refractivity contribution in [2.45, 2.75) is 83.5 Å². The summed E-state index contributed by atoms with van der Waals surface area (Å²) in [5.74, 6) is 0.